The average molecular weight is 803 g/mol. The summed E-state index contributed by atoms with van der Waals surface area (Å²) in [6.07, 6.45) is 0.697. The summed E-state index contributed by atoms with van der Waals surface area (Å²) >= 11 is 7.17. The summed E-state index contributed by atoms with van der Waals surface area (Å²) in [6.45, 7) is 1.82. The molecule has 2 atom stereocenters. The van der Waals surface area contributed by atoms with Crippen molar-refractivity contribution in [2.24, 2.45) is 11.8 Å². The monoisotopic (exact) mass is 802 g/mol. The Labute approximate surface area is 335 Å². The number of carbonyl (C=O) groups excluding carboxylic acids is 1. The number of hydrogen-bond acceptors (Lipinski definition) is 8. The molecule has 3 aliphatic carbocycles. The molecule has 57 heavy (non-hydrogen) atoms. The average Bonchev–Trinajstić information content (AvgIpc) is 3.80. The number of methoxy groups -OCH3 is 2. The van der Waals surface area contributed by atoms with Crippen LogP contribution in [0.15, 0.2) is 54.6 Å². The molecule has 0 radical (unpaired) electrons. The predicted molar refractivity (Wildman–Crippen MR) is 209 cm³/mol. The van der Waals surface area contributed by atoms with Crippen molar-refractivity contribution in [3.63, 3.8) is 0 Å². The van der Waals surface area contributed by atoms with Gasteiger partial charge in [-0.3, -0.25) is 14.5 Å². The van der Waals surface area contributed by atoms with Gasteiger partial charge in [-0.05, 0) is 105 Å². The van der Waals surface area contributed by atoms with E-state index in [-0.39, 0.29) is 36.0 Å². The number of fused-ring (bicyclic) bond motifs is 3. The highest BCUT2D eigenvalue weighted by molar-refractivity contribution is 6.36. The lowest BCUT2D eigenvalue weighted by Gasteiger charge is -2.56. The number of rotatable bonds is 13. The van der Waals surface area contributed by atoms with Gasteiger partial charge >= 0.3 is 12.1 Å². The Morgan fingerprint density at radius 3 is 2.42 bits per heavy atom. The molecule has 2 aromatic heterocycles. The number of ether oxygens (including phenoxy) is 2. The van der Waals surface area contributed by atoms with E-state index in [1.807, 2.05) is 48.5 Å². The highest BCUT2D eigenvalue weighted by Crippen LogP contribution is 2.50. The van der Waals surface area contributed by atoms with Gasteiger partial charge in [-0.25, -0.2) is 9.97 Å². The Kier molecular flexibility index (Phi) is 10.8. The number of alkyl halides is 3. The zero-order chi connectivity index (χ0) is 40.1. The third-order valence-electron chi connectivity index (χ3n) is 12.7. The molecule has 2 saturated carbocycles. The minimum atomic E-state index is -4.67. The largest absolute Gasteiger partial charge is 0.481 e. The number of carbonyl (C=O) groups is 2. The van der Waals surface area contributed by atoms with Gasteiger partial charge in [0, 0.05) is 48.2 Å². The van der Waals surface area contributed by atoms with Gasteiger partial charge in [0.05, 0.1) is 36.2 Å². The number of carboxylic acid groups (broad SMARTS) is 1. The van der Waals surface area contributed by atoms with Crippen LogP contribution in [0, 0.1) is 11.8 Å². The van der Waals surface area contributed by atoms with Crippen molar-refractivity contribution in [1.29, 1.82) is 0 Å². The molecular formula is C44H46ClF3N4O5. The molecule has 0 unspecified atom stereocenters. The number of aromatic nitrogens is 2. The number of pyridine rings is 2. The zero-order valence-electron chi connectivity index (χ0n) is 32.1. The van der Waals surface area contributed by atoms with Gasteiger partial charge in [0.25, 0.3) is 0 Å². The molecular weight excluding hydrogens is 757 g/mol. The second-order valence-corrected chi connectivity index (χ2v) is 16.5. The van der Waals surface area contributed by atoms with E-state index in [9.17, 15) is 27.9 Å². The summed E-state index contributed by atoms with van der Waals surface area (Å²) in [6, 6.07) is 16.7. The van der Waals surface area contributed by atoms with Crippen LogP contribution in [0.4, 0.5) is 13.2 Å². The van der Waals surface area contributed by atoms with E-state index in [4.69, 9.17) is 26.1 Å². The topological polar surface area (TPSA) is 114 Å². The molecule has 9 rings (SSSR count). The Hall–Kier alpha value is -4.52. The maximum atomic E-state index is 14.8. The standard InChI is InChI=1S/C44H46ClF3N4O5/c1-56-40-28(23-49-22-25-9-12-30(53)17-25)11-14-37(50-40)35-8-4-7-34(39(35)45)32-6-3-5-31-27(10-13-33(31)32)19-38-36(44(46,47)48)18-29(41(51-38)57-2)24-52-16-15-26-20-43(52,21-26)42(54)55/h3-8,11,14,18,25-27,49H,9-10,12-13,15-17,19-24H2,1-2H3,(H,54,55)/t25-,26?,27-,43?/m1/s1. The summed E-state index contributed by atoms with van der Waals surface area (Å²) in [5, 5.41) is 14.0. The summed E-state index contributed by atoms with van der Waals surface area (Å²) < 4.78 is 55.6. The Morgan fingerprint density at radius 2 is 1.70 bits per heavy atom. The molecule has 2 saturated heterocycles. The number of piperidine rings is 2. The number of carboxylic acids is 1. The minimum absolute atomic E-state index is 0.0160. The molecule has 2 N–H and O–H groups in total. The van der Waals surface area contributed by atoms with E-state index in [0.717, 1.165) is 58.8 Å². The quantitative estimate of drug-likeness (QED) is 0.137. The molecule has 4 aromatic rings. The van der Waals surface area contributed by atoms with Crippen molar-refractivity contribution in [2.45, 2.75) is 88.5 Å². The second-order valence-electron chi connectivity index (χ2n) is 16.1. The van der Waals surface area contributed by atoms with E-state index >= 15 is 0 Å². The smallest absolute Gasteiger partial charge is 0.418 e. The van der Waals surface area contributed by atoms with Crippen LogP contribution >= 0.6 is 11.6 Å². The van der Waals surface area contributed by atoms with Crippen molar-refractivity contribution in [3.05, 3.63) is 93.1 Å². The summed E-state index contributed by atoms with van der Waals surface area (Å²) in [4.78, 5) is 35.0. The molecule has 2 aliphatic heterocycles. The highest BCUT2D eigenvalue weighted by Gasteiger charge is 2.57. The molecule has 0 spiro atoms. The van der Waals surface area contributed by atoms with Gasteiger partial charge in [-0.15, -0.1) is 0 Å². The molecule has 5 aliphatic rings. The molecule has 2 bridgehead atoms. The summed E-state index contributed by atoms with van der Waals surface area (Å²) in [5.41, 5.74) is 4.27. The SMILES string of the molecule is COc1nc(-c2cccc(-c3cccc4c3CC[C@@H]4Cc3nc(OC)c(CN4CCC5CC4(C(=O)O)C5)cc3C(F)(F)F)c2Cl)ccc1CNC[C@@H]1CCC(=O)C1. The van der Waals surface area contributed by atoms with Crippen molar-refractivity contribution in [2.75, 3.05) is 27.3 Å². The van der Waals surface area contributed by atoms with Gasteiger partial charge in [0.15, 0.2) is 0 Å². The number of aliphatic carboxylic acids is 1. The lowest BCUT2D eigenvalue weighted by molar-refractivity contribution is -0.172. The molecule has 300 valence electrons. The number of nitrogens with zero attached hydrogens (tertiary/aromatic N) is 3. The van der Waals surface area contributed by atoms with Crippen LogP contribution in [-0.4, -0.2) is 64.6 Å². The van der Waals surface area contributed by atoms with Crippen molar-refractivity contribution in [3.8, 4) is 34.1 Å². The van der Waals surface area contributed by atoms with Crippen LogP contribution in [-0.2, 0) is 41.7 Å². The first-order valence-corrected chi connectivity index (χ1v) is 20.1. The molecule has 9 nitrogen and oxygen atoms in total. The molecule has 13 heteroatoms. The highest BCUT2D eigenvalue weighted by atomic mass is 35.5. The van der Waals surface area contributed by atoms with E-state index < -0.39 is 23.2 Å². The normalized spacial score (nSPS) is 23.0. The fourth-order valence-electron chi connectivity index (χ4n) is 9.70. The van der Waals surface area contributed by atoms with Gasteiger partial charge in [0.1, 0.15) is 11.3 Å². The van der Waals surface area contributed by atoms with Gasteiger partial charge < -0.3 is 19.9 Å². The zero-order valence-corrected chi connectivity index (χ0v) is 32.8. The minimum Gasteiger partial charge on any atom is -0.481 e. The van der Waals surface area contributed by atoms with E-state index in [1.165, 1.54) is 7.11 Å². The third-order valence-corrected chi connectivity index (χ3v) is 13.1. The third kappa shape index (κ3) is 7.52. The maximum absolute atomic E-state index is 14.8. The number of halogens is 4. The van der Waals surface area contributed by atoms with Crippen molar-refractivity contribution < 1.29 is 37.3 Å². The van der Waals surface area contributed by atoms with Crippen LogP contribution in [0.1, 0.15) is 84.4 Å². The van der Waals surface area contributed by atoms with E-state index in [1.54, 1.807) is 12.0 Å². The van der Waals surface area contributed by atoms with Crippen molar-refractivity contribution in [1.82, 2.24) is 20.2 Å². The number of nitrogens with one attached hydrogen (secondary N) is 1. The van der Waals surface area contributed by atoms with Crippen molar-refractivity contribution >= 4 is 23.4 Å². The predicted octanol–water partition coefficient (Wildman–Crippen LogP) is 8.67. The van der Waals surface area contributed by atoms with Gasteiger partial charge in [-0.1, -0.05) is 54.1 Å². The number of benzene rings is 2. The first-order chi connectivity index (χ1) is 27.4. The number of ketones is 1. The lowest BCUT2D eigenvalue weighted by Crippen LogP contribution is -2.66. The fraction of sp³-hybridized carbons (Fsp3) is 0.455. The van der Waals surface area contributed by atoms with Crippen LogP contribution in [0.2, 0.25) is 5.02 Å². The maximum Gasteiger partial charge on any atom is 0.418 e. The Bertz CT molecular complexity index is 2210. The molecule has 4 fully saturated rings. The number of Topliss-reactive ketones (excluding diaryl/α,β-unsaturated/α-hetero) is 1. The van der Waals surface area contributed by atoms with E-state index in [2.05, 4.69) is 10.3 Å². The molecule has 0 amide bonds. The summed E-state index contributed by atoms with van der Waals surface area (Å²) in [7, 11) is 2.97. The second kappa shape index (κ2) is 15.7. The van der Waals surface area contributed by atoms with E-state index in [0.29, 0.717) is 85.8 Å². The van der Waals surface area contributed by atoms with Crippen LogP contribution < -0.4 is 14.8 Å². The summed E-state index contributed by atoms with van der Waals surface area (Å²) in [5.74, 6) is 0.430. The lowest BCUT2D eigenvalue weighted by atomic mass is 9.62. The fourth-order valence-corrected chi connectivity index (χ4v) is 10.0. The molecule has 4 heterocycles. The molecule has 2 aromatic carbocycles. The Morgan fingerprint density at radius 1 is 0.965 bits per heavy atom. The number of hydrogen-bond donors (Lipinski definition) is 2. The Balaban J connectivity index is 1.04. The first-order valence-electron chi connectivity index (χ1n) is 19.7. The van der Waals surface area contributed by atoms with Crippen LogP contribution in [0.5, 0.6) is 11.8 Å². The van der Waals surface area contributed by atoms with Crippen LogP contribution in [0.3, 0.4) is 0 Å². The van der Waals surface area contributed by atoms with Crippen LogP contribution in [0.25, 0.3) is 22.4 Å². The van der Waals surface area contributed by atoms with Gasteiger partial charge in [0.2, 0.25) is 11.8 Å². The van der Waals surface area contributed by atoms with Gasteiger partial charge in [-0.2, -0.15) is 13.2 Å². The first kappa shape index (κ1) is 39.3.